The van der Waals surface area contributed by atoms with Gasteiger partial charge in [-0.1, -0.05) is 36.9 Å². The number of benzene rings is 2. The first-order valence-corrected chi connectivity index (χ1v) is 5.14. The predicted octanol–water partition coefficient (Wildman–Crippen LogP) is 3.46. The molecule has 0 aliphatic carbocycles. The molecular formula is C14H11FO2. The number of esters is 1. The van der Waals surface area contributed by atoms with Gasteiger partial charge in [-0.25, -0.2) is 9.18 Å². The van der Waals surface area contributed by atoms with Gasteiger partial charge in [0.1, 0.15) is 0 Å². The number of hydrogen-bond donors (Lipinski definition) is 0. The molecule has 0 spiro atoms. The molecule has 17 heavy (non-hydrogen) atoms. The van der Waals surface area contributed by atoms with Crippen LogP contribution in [-0.2, 0) is 4.79 Å². The van der Waals surface area contributed by atoms with Crippen molar-refractivity contribution < 1.29 is 13.9 Å². The molecule has 0 radical (unpaired) electrons. The van der Waals surface area contributed by atoms with Crippen molar-refractivity contribution in [2.45, 2.75) is 6.92 Å². The Morgan fingerprint density at radius 1 is 1.24 bits per heavy atom. The summed E-state index contributed by atoms with van der Waals surface area (Å²) in [5.74, 6) is -1.23. The molecule has 0 atom stereocenters. The zero-order valence-electron chi connectivity index (χ0n) is 9.37. The third-order valence-corrected chi connectivity index (χ3v) is 2.37. The largest absolute Gasteiger partial charge is 0.419 e. The molecule has 2 nitrogen and oxygen atoms in total. The molecule has 0 bridgehead atoms. The molecule has 2 aromatic rings. The minimum absolute atomic E-state index is 0.0453. The molecule has 0 saturated heterocycles. The summed E-state index contributed by atoms with van der Waals surface area (Å²) in [5.41, 5.74) is 0.234. The van der Waals surface area contributed by atoms with Crippen LogP contribution in [0.4, 0.5) is 4.39 Å². The standard InChI is InChI=1S/C14H11FO2/c1-9(2)14(16)17-13-11-6-4-3-5-10(11)7-8-12(13)15/h3-8H,1H2,2H3. The van der Waals surface area contributed by atoms with Crippen LogP contribution >= 0.6 is 0 Å². The third-order valence-electron chi connectivity index (χ3n) is 2.37. The van der Waals surface area contributed by atoms with Gasteiger partial charge in [0.2, 0.25) is 0 Å². The fourth-order valence-corrected chi connectivity index (χ4v) is 1.50. The Balaban J connectivity index is 2.55. The Morgan fingerprint density at radius 2 is 1.94 bits per heavy atom. The monoisotopic (exact) mass is 230 g/mol. The first kappa shape index (κ1) is 11.3. The summed E-state index contributed by atoms with van der Waals surface area (Å²) in [6.45, 7) is 4.98. The highest BCUT2D eigenvalue weighted by atomic mass is 19.1. The maximum absolute atomic E-state index is 13.6. The van der Waals surface area contributed by atoms with Crippen LogP contribution in [0.15, 0.2) is 48.6 Å². The van der Waals surface area contributed by atoms with Crippen molar-refractivity contribution in [1.29, 1.82) is 0 Å². The molecule has 0 fully saturated rings. The lowest BCUT2D eigenvalue weighted by atomic mass is 10.1. The molecule has 0 heterocycles. The maximum Gasteiger partial charge on any atom is 0.338 e. The van der Waals surface area contributed by atoms with E-state index in [1.165, 1.54) is 13.0 Å². The maximum atomic E-state index is 13.6. The Morgan fingerprint density at radius 3 is 2.65 bits per heavy atom. The molecule has 0 unspecified atom stereocenters. The Labute approximate surface area is 98.3 Å². The van der Waals surface area contributed by atoms with Crippen LogP contribution in [0.25, 0.3) is 10.8 Å². The molecule has 0 aliphatic heterocycles. The first-order chi connectivity index (χ1) is 8.09. The van der Waals surface area contributed by atoms with Gasteiger partial charge >= 0.3 is 5.97 Å². The molecular weight excluding hydrogens is 219 g/mol. The number of ether oxygens (including phenoxy) is 1. The number of carbonyl (C=O) groups excluding carboxylic acids is 1. The topological polar surface area (TPSA) is 26.3 Å². The Bertz CT molecular complexity index is 602. The Kier molecular flexibility index (Phi) is 2.91. The van der Waals surface area contributed by atoms with E-state index < -0.39 is 11.8 Å². The van der Waals surface area contributed by atoms with E-state index in [4.69, 9.17) is 4.74 Å². The van der Waals surface area contributed by atoms with Crippen LogP contribution in [0.2, 0.25) is 0 Å². The van der Waals surface area contributed by atoms with Gasteiger partial charge in [-0.05, 0) is 18.4 Å². The Hall–Kier alpha value is -2.16. The number of halogens is 1. The van der Waals surface area contributed by atoms with E-state index in [2.05, 4.69) is 6.58 Å². The van der Waals surface area contributed by atoms with Crippen LogP contribution < -0.4 is 4.74 Å². The van der Waals surface area contributed by atoms with E-state index in [9.17, 15) is 9.18 Å². The summed E-state index contributed by atoms with van der Waals surface area (Å²) in [5, 5.41) is 1.39. The van der Waals surface area contributed by atoms with Gasteiger partial charge in [0, 0.05) is 11.0 Å². The molecule has 86 valence electrons. The molecule has 3 heteroatoms. The minimum Gasteiger partial charge on any atom is -0.419 e. The lowest BCUT2D eigenvalue weighted by Gasteiger charge is -2.08. The average Bonchev–Trinajstić information content (AvgIpc) is 2.32. The van der Waals surface area contributed by atoms with E-state index in [1.54, 1.807) is 18.2 Å². The molecule has 0 amide bonds. The average molecular weight is 230 g/mol. The van der Waals surface area contributed by atoms with Gasteiger partial charge < -0.3 is 4.74 Å². The molecule has 0 aliphatic rings. The highest BCUT2D eigenvalue weighted by Crippen LogP contribution is 2.29. The van der Waals surface area contributed by atoms with E-state index >= 15 is 0 Å². The second-order valence-electron chi connectivity index (χ2n) is 3.77. The molecule has 2 aromatic carbocycles. The van der Waals surface area contributed by atoms with Gasteiger partial charge in [0.05, 0.1) is 0 Å². The van der Waals surface area contributed by atoms with E-state index in [0.717, 1.165) is 5.39 Å². The summed E-state index contributed by atoms with van der Waals surface area (Å²) in [7, 11) is 0. The van der Waals surface area contributed by atoms with Gasteiger partial charge in [0.25, 0.3) is 0 Å². The van der Waals surface area contributed by atoms with Crippen molar-refractivity contribution in [3.8, 4) is 5.75 Å². The van der Waals surface area contributed by atoms with Crippen molar-refractivity contribution in [2.24, 2.45) is 0 Å². The molecule has 0 saturated carbocycles. The number of hydrogen-bond acceptors (Lipinski definition) is 2. The summed E-state index contributed by atoms with van der Waals surface area (Å²) in [6.07, 6.45) is 0. The smallest absolute Gasteiger partial charge is 0.338 e. The minimum atomic E-state index is -0.625. The summed E-state index contributed by atoms with van der Waals surface area (Å²) in [4.78, 5) is 11.4. The van der Waals surface area contributed by atoms with Crippen LogP contribution in [0.3, 0.4) is 0 Å². The zero-order valence-corrected chi connectivity index (χ0v) is 9.37. The highest BCUT2D eigenvalue weighted by Gasteiger charge is 2.13. The zero-order chi connectivity index (χ0) is 12.4. The fraction of sp³-hybridized carbons (Fsp3) is 0.0714. The fourth-order valence-electron chi connectivity index (χ4n) is 1.50. The van der Waals surface area contributed by atoms with Crippen molar-refractivity contribution in [2.75, 3.05) is 0 Å². The van der Waals surface area contributed by atoms with E-state index in [1.807, 2.05) is 12.1 Å². The quantitative estimate of drug-likeness (QED) is 0.448. The summed E-state index contributed by atoms with van der Waals surface area (Å²) < 4.78 is 18.6. The summed E-state index contributed by atoms with van der Waals surface area (Å²) in [6, 6.07) is 10.1. The second kappa shape index (κ2) is 4.37. The number of fused-ring (bicyclic) bond motifs is 1. The van der Waals surface area contributed by atoms with Gasteiger partial charge in [0.15, 0.2) is 11.6 Å². The summed E-state index contributed by atoms with van der Waals surface area (Å²) >= 11 is 0. The number of carbonyl (C=O) groups is 1. The normalized spacial score (nSPS) is 10.2. The first-order valence-electron chi connectivity index (χ1n) is 5.14. The third kappa shape index (κ3) is 2.18. The van der Waals surface area contributed by atoms with Crippen LogP contribution in [0.1, 0.15) is 6.92 Å². The van der Waals surface area contributed by atoms with Crippen molar-refractivity contribution in [3.05, 3.63) is 54.4 Å². The number of rotatable bonds is 2. The van der Waals surface area contributed by atoms with Crippen LogP contribution in [0.5, 0.6) is 5.75 Å². The molecule has 2 rings (SSSR count). The van der Waals surface area contributed by atoms with Crippen LogP contribution in [0, 0.1) is 5.82 Å². The molecule has 0 N–H and O–H groups in total. The molecule has 0 aromatic heterocycles. The predicted molar refractivity (Wildman–Crippen MR) is 64.4 cm³/mol. The van der Waals surface area contributed by atoms with Gasteiger partial charge in [-0.3, -0.25) is 0 Å². The van der Waals surface area contributed by atoms with E-state index in [0.29, 0.717) is 5.39 Å². The second-order valence-corrected chi connectivity index (χ2v) is 3.77. The lowest BCUT2D eigenvalue weighted by Crippen LogP contribution is -2.09. The SMILES string of the molecule is C=C(C)C(=O)Oc1c(F)ccc2ccccc12. The van der Waals surface area contributed by atoms with Crippen molar-refractivity contribution in [3.63, 3.8) is 0 Å². The van der Waals surface area contributed by atoms with Crippen molar-refractivity contribution >= 4 is 16.7 Å². The highest BCUT2D eigenvalue weighted by molar-refractivity contribution is 5.94. The van der Waals surface area contributed by atoms with E-state index in [-0.39, 0.29) is 11.3 Å². The van der Waals surface area contributed by atoms with Crippen LogP contribution in [-0.4, -0.2) is 5.97 Å². The van der Waals surface area contributed by atoms with Gasteiger partial charge in [-0.15, -0.1) is 0 Å². The van der Waals surface area contributed by atoms with Gasteiger partial charge in [-0.2, -0.15) is 0 Å². The lowest BCUT2D eigenvalue weighted by molar-refractivity contribution is -0.130. The van der Waals surface area contributed by atoms with Crippen molar-refractivity contribution in [1.82, 2.24) is 0 Å².